The molecular formula is C15H23BrN4O3S. The van der Waals surface area contributed by atoms with E-state index in [2.05, 4.69) is 37.9 Å². The summed E-state index contributed by atoms with van der Waals surface area (Å²) in [6.45, 7) is 2.23. The molecule has 1 saturated carbocycles. The lowest BCUT2D eigenvalue weighted by Gasteiger charge is -2.26. The Hall–Kier alpha value is -1.19. The molecule has 0 saturated heterocycles. The molecule has 4 N–H and O–H groups in total. The van der Waals surface area contributed by atoms with Crippen molar-refractivity contribution >= 4 is 37.7 Å². The van der Waals surface area contributed by atoms with Gasteiger partial charge in [-0.1, -0.05) is 6.92 Å². The molecule has 0 atom stereocenters. The van der Waals surface area contributed by atoms with Gasteiger partial charge in [-0.2, -0.15) is 0 Å². The number of sulfonamides is 1. The van der Waals surface area contributed by atoms with Gasteiger partial charge in [0.1, 0.15) is 10.7 Å². The lowest BCUT2D eigenvalue weighted by molar-refractivity contribution is -0.121. The van der Waals surface area contributed by atoms with Crippen LogP contribution in [0.25, 0.3) is 0 Å². The Morgan fingerprint density at radius 3 is 2.71 bits per heavy atom. The van der Waals surface area contributed by atoms with E-state index in [4.69, 9.17) is 5.73 Å². The predicted octanol–water partition coefficient (Wildman–Crippen LogP) is 1.79. The summed E-state index contributed by atoms with van der Waals surface area (Å²) in [4.78, 5) is 15.7. The van der Waals surface area contributed by atoms with E-state index < -0.39 is 10.0 Å². The zero-order valence-electron chi connectivity index (χ0n) is 13.6. The van der Waals surface area contributed by atoms with E-state index in [9.17, 15) is 13.2 Å². The van der Waals surface area contributed by atoms with Gasteiger partial charge in [0.05, 0.1) is 0 Å². The third-order valence-electron chi connectivity index (χ3n) is 4.16. The van der Waals surface area contributed by atoms with Crippen LogP contribution in [0.15, 0.2) is 21.6 Å². The quantitative estimate of drug-likeness (QED) is 0.651. The number of aromatic nitrogens is 1. The highest BCUT2D eigenvalue weighted by Crippen LogP contribution is 2.23. The average molecular weight is 419 g/mol. The van der Waals surface area contributed by atoms with Crippen molar-refractivity contribution < 1.29 is 13.2 Å². The van der Waals surface area contributed by atoms with Gasteiger partial charge in [-0.25, -0.2) is 18.1 Å². The Balaban J connectivity index is 1.82. The van der Waals surface area contributed by atoms with E-state index in [-0.39, 0.29) is 35.6 Å². The van der Waals surface area contributed by atoms with E-state index in [1.807, 2.05) is 0 Å². The van der Waals surface area contributed by atoms with Gasteiger partial charge in [0.15, 0.2) is 0 Å². The number of pyridine rings is 1. The van der Waals surface area contributed by atoms with E-state index in [1.54, 1.807) is 0 Å². The normalized spacial score (nSPS) is 21.4. The molecule has 134 valence electrons. The van der Waals surface area contributed by atoms with Crippen molar-refractivity contribution in [1.82, 2.24) is 15.0 Å². The Morgan fingerprint density at radius 2 is 2.04 bits per heavy atom. The molecule has 1 heterocycles. The molecule has 0 unspecified atom stereocenters. The molecule has 2 rings (SSSR count). The summed E-state index contributed by atoms with van der Waals surface area (Å²) >= 11 is 3.17. The average Bonchev–Trinajstić information content (AvgIpc) is 2.51. The predicted molar refractivity (Wildman–Crippen MR) is 95.7 cm³/mol. The van der Waals surface area contributed by atoms with Crippen LogP contribution in [0.2, 0.25) is 0 Å². The molecule has 1 aromatic rings. The molecule has 1 amide bonds. The topological polar surface area (TPSA) is 114 Å². The number of carbonyl (C=O) groups is 1. The third kappa shape index (κ3) is 5.42. The van der Waals surface area contributed by atoms with Crippen LogP contribution in [-0.2, 0) is 14.8 Å². The van der Waals surface area contributed by atoms with Gasteiger partial charge in [0.25, 0.3) is 0 Å². The van der Waals surface area contributed by atoms with Crippen LogP contribution in [0.3, 0.4) is 0 Å². The van der Waals surface area contributed by atoms with Gasteiger partial charge in [0.2, 0.25) is 15.9 Å². The van der Waals surface area contributed by atoms with Gasteiger partial charge < -0.3 is 11.1 Å². The van der Waals surface area contributed by atoms with Crippen LogP contribution >= 0.6 is 15.9 Å². The number of nitrogens with zero attached hydrogens (tertiary/aromatic N) is 1. The minimum Gasteiger partial charge on any atom is -0.383 e. The largest absolute Gasteiger partial charge is 0.383 e. The second-order valence-corrected chi connectivity index (χ2v) is 8.86. The fourth-order valence-corrected chi connectivity index (χ4v) is 4.35. The Bertz CT molecular complexity index is 688. The maximum Gasteiger partial charge on any atom is 0.244 e. The zero-order chi connectivity index (χ0) is 17.7. The number of nitrogens with one attached hydrogen (secondary N) is 2. The highest BCUT2D eigenvalue weighted by Gasteiger charge is 2.21. The van der Waals surface area contributed by atoms with Crippen LogP contribution in [0, 0.1) is 5.92 Å². The van der Waals surface area contributed by atoms with Crippen LogP contribution in [0.4, 0.5) is 5.82 Å². The smallest absolute Gasteiger partial charge is 0.244 e. The SMILES string of the molecule is CC1CCC(NC(=O)CCNS(=O)(=O)c2cc(Br)cnc2N)CC1. The highest BCUT2D eigenvalue weighted by molar-refractivity contribution is 9.10. The van der Waals surface area contributed by atoms with Gasteiger partial charge in [0, 0.05) is 29.7 Å². The van der Waals surface area contributed by atoms with Gasteiger partial charge >= 0.3 is 0 Å². The van der Waals surface area contributed by atoms with Crippen molar-refractivity contribution in [2.24, 2.45) is 5.92 Å². The van der Waals surface area contributed by atoms with Gasteiger partial charge in [-0.15, -0.1) is 0 Å². The maximum absolute atomic E-state index is 12.2. The molecule has 1 aliphatic carbocycles. The van der Waals surface area contributed by atoms with Gasteiger partial charge in [-0.05, 0) is 53.6 Å². The van der Waals surface area contributed by atoms with E-state index >= 15 is 0 Å². The van der Waals surface area contributed by atoms with Crippen LogP contribution in [0.5, 0.6) is 0 Å². The first kappa shape index (κ1) is 19.1. The number of carbonyl (C=O) groups excluding carboxylic acids is 1. The van der Waals surface area contributed by atoms with Crippen LogP contribution in [0.1, 0.15) is 39.0 Å². The van der Waals surface area contributed by atoms with Crippen molar-refractivity contribution in [3.05, 3.63) is 16.7 Å². The molecule has 0 aliphatic heterocycles. The van der Waals surface area contributed by atoms with Crippen LogP contribution in [-0.4, -0.2) is 31.9 Å². The minimum absolute atomic E-state index is 0.0171. The number of amides is 1. The summed E-state index contributed by atoms with van der Waals surface area (Å²) in [5.41, 5.74) is 5.61. The summed E-state index contributed by atoms with van der Waals surface area (Å²) in [5.74, 6) is 0.498. The first-order chi connectivity index (χ1) is 11.3. The molecule has 7 nitrogen and oxygen atoms in total. The van der Waals surface area contributed by atoms with Crippen molar-refractivity contribution in [3.8, 4) is 0 Å². The van der Waals surface area contributed by atoms with E-state index in [1.165, 1.54) is 12.3 Å². The first-order valence-electron chi connectivity index (χ1n) is 7.98. The van der Waals surface area contributed by atoms with Crippen molar-refractivity contribution in [3.63, 3.8) is 0 Å². The number of nitrogen functional groups attached to an aromatic ring is 1. The molecule has 24 heavy (non-hydrogen) atoms. The molecule has 0 radical (unpaired) electrons. The standard InChI is InChI=1S/C15H23BrN4O3S/c1-10-2-4-12(5-3-10)20-14(21)6-7-19-24(22,23)13-8-11(16)9-18-15(13)17/h8-10,12,19H,2-7H2,1H3,(H2,17,18)(H,20,21). The number of hydrogen-bond donors (Lipinski definition) is 3. The monoisotopic (exact) mass is 418 g/mol. The highest BCUT2D eigenvalue weighted by atomic mass is 79.9. The molecular weight excluding hydrogens is 396 g/mol. The first-order valence-corrected chi connectivity index (χ1v) is 10.3. The number of rotatable bonds is 6. The van der Waals surface area contributed by atoms with Crippen molar-refractivity contribution in [2.45, 2.75) is 50.0 Å². The zero-order valence-corrected chi connectivity index (χ0v) is 16.0. The molecule has 1 fully saturated rings. The molecule has 1 aliphatic rings. The molecule has 9 heteroatoms. The number of nitrogens with two attached hydrogens (primary N) is 1. The minimum atomic E-state index is -3.80. The van der Waals surface area contributed by atoms with Crippen LogP contribution < -0.4 is 15.8 Å². The van der Waals surface area contributed by atoms with Crippen molar-refractivity contribution in [1.29, 1.82) is 0 Å². The second-order valence-electron chi connectivity index (χ2n) is 6.21. The van der Waals surface area contributed by atoms with Gasteiger partial charge in [-0.3, -0.25) is 4.79 Å². The lowest BCUT2D eigenvalue weighted by atomic mass is 9.87. The summed E-state index contributed by atoms with van der Waals surface area (Å²) in [6.07, 6.45) is 5.72. The summed E-state index contributed by atoms with van der Waals surface area (Å²) in [6, 6.07) is 1.59. The maximum atomic E-state index is 12.2. The van der Waals surface area contributed by atoms with Crippen molar-refractivity contribution in [2.75, 3.05) is 12.3 Å². The fourth-order valence-electron chi connectivity index (χ4n) is 2.73. The molecule has 0 aromatic carbocycles. The van der Waals surface area contributed by atoms with E-state index in [0.29, 0.717) is 10.4 Å². The molecule has 0 spiro atoms. The Labute approximate surface area is 151 Å². The van der Waals surface area contributed by atoms with E-state index in [0.717, 1.165) is 25.7 Å². The fraction of sp³-hybridized carbons (Fsp3) is 0.600. The number of hydrogen-bond acceptors (Lipinski definition) is 5. The third-order valence-corrected chi connectivity index (χ3v) is 6.09. The number of anilines is 1. The summed E-state index contributed by atoms with van der Waals surface area (Å²) in [5, 5.41) is 2.97. The molecule has 1 aromatic heterocycles. The molecule has 0 bridgehead atoms. The Kier molecular flexibility index (Phi) is 6.59. The second kappa shape index (κ2) is 8.26. The summed E-state index contributed by atoms with van der Waals surface area (Å²) < 4.78 is 27.4. The number of halogens is 1. The lowest BCUT2D eigenvalue weighted by Crippen LogP contribution is -2.39. The Morgan fingerprint density at radius 1 is 1.38 bits per heavy atom. The summed E-state index contributed by atoms with van der Waals surface area (Å²) in [7, 11) is -3.80.